The van der Waals surface area contributed by atoms with Gasteiger partial charge in [0.05, 0.1) is 12.6 Å². The molecule has 1 rings (SSSR count). The standard InChI is InChI=1S/C15H31N3O2/c1-6-14(11-19)18-9-7-17(8-10-18)13(4)15(20)16(5)12(2)3/h12-14,19H,6-11H2,1-5H3. The number of carbonyl (C=O) groups is 1. The van der Waals surface area contributed by atoms with Gasteiger partial charge in [0, 0.05) is 45.3 Å². The molecule has 0 aliphatic carbocycles. The van der Waals surface area contributed by atoms with Crippen LogP contribution in [0.5, 0.6) is 0 Å². The Morgan fingerprint density at radius 2 is 1.65 bits per heavy atom. The number of piperazine rings is 1. The van der Waals surface area contributed by atoms with Crippen LogP contribution in [-0.2, 0) is 4.79 Å². The van der Waals surface area contributed by atoms with E-state index in [0.717, 1.165) is 32.6 Å². The smallest absolute Gasteiger partial charge is 0.239 e. The molecule has 0 bridgehead atoms. The second kappa shape index (κ2) is 7.96. The lowest BCUT2D eigenvalue weighted by molar-refractivity contribution is -0.137. The van der Waals surface area contributed by atoms with Crippen molar-refractivity contribution >= 4 is 5.91 Å². The van der Waals surface area contributed by atoms with E-state index in [1.807, 2.05) is 32.7 Å². The Bertz CT molecular complexity index is 297. The Morgan fingerprint density at radius 3 is 2.05 bits per heavy atom. The van der Waals surface area contributed by atoms with Gasteiger partial charge in [0.25, 0.3) is 0 Å². The van der Waals surface area contributed by atoms with Crippen molar-refractivity contribution in [2.45, 2.75) is 52.2 Å². The van der Waals surface area contributed by atoms with Crippen LogP contribution in [0.25, 0.3) is 0 Å². The Labute approximate surface area is 123 Å². The van der Waals surface area contributed by atoms with Crippen LogP contribution in [0, 0.1) is 0 Å². The molecule has 0 aromatic heterocycles. The van der Waals surface area contributed by atoms with Gasteiger partial charge in [-0.15, -0.1) is 0 Å². The van der Waals surface area contributed by atoms with Gasteiger partial charge in [0.2, 0.25) is 5.91 Å². The third-order valence-corrected chi connectivity index (χ3v) is 4.57. The van der Waals surface area contributed by atoms with Crippen LogP contribution < -0.4 is 0 Å². The van der Waals surface area contributed by atoms with Gasteiger partial charge in [0.15, 0.2) is 0 Å². The summed E-state index contributed by atoms with van der Waals surface area (Å²) < 4.78 is 0. The van der Waals surface area contributed by atoms with Crippen LogP contribution in [0.1, 0.15) is 34.1 Å². The highest BCUT2D eigenvalue weighted by molar-refractivity contribution is 5.81. The topological polar surface area (TPSA) is 47.0 Å². The lowest BCUT2D eigenvalue weighted by Crippen LogP contribution is -2.56. The van der Waals surface area contributed by atoms with Gasteiger partial charge in [0.1, 0.15) is 0 Å². The van der Waals surface area contributed by atoms with Crippen molar-refractivity contribution in [2.24, 2.45) is 0 Å². The zero-order valence-electron chi connectivity index (χ0n) is 13.7. The summed E-state index contributed by atoms with van der Waals surface area (Å²) in [6, 6.07) is 0.449. The van der Waals surface area contributed by atoms with Gasteiger partial charge < -0.3 is 10.0 Å². The number of hydrogen-bond acceptors (Lipinski definition) is 4. The van der Waals surface area contributed by atoms with Crippen LogP contribution in [0.3, 0.4) is 0 Å². The molecular formula is C15H31N3O2. The first-order chi connectivity index (χ1) is 9.42. The first-order valence-electron chi connectivity index (χ1n) is 7.78. The monoisotopic (exact) mass is 285 g/mol. The molecule has 20 heavy (non-hydrogen) atoms. The predicted octanol–water partition coefficient (Wildman–Crippen LogP) is 0.630. The first kappa shape index (κ1) is 17.4. The van der Waals surface area contributed by atoms with Crippen molar-refractivity contribution in [3.63, 3.8) is 0 Å². The normalized spacial score (nSPS) is 20.9. The van der Waals surface area contributed by atoms with Crippen molar-refractivity contribution in [3.05, 3.63) is 0 Å². The number of aliphatic hydroxyl groups is 1. The minimum absolute atomic E-state index is 0.0567. The van der Waals surface area contributed by atoms with Crippen molar-refractivity contribution in [1.82, 2.24) is 14.7 Å². The molecule has 1 aliphatic rings. The van der Waals surface area contributed by atoms with Gasteiger partial charge in [-0.2, -0.15) is 0 Å². The number of amides is 1. The van der Waals surface area contributed by atoms with E-state index in [1.165, 1.54) is 0 Å². The molecule has 1 fully saturated rings. The number of hydrogen-bond donors (Lipinski definition) is 1. The van der Waals surface area contributed by atoms with Crippen molar-refractivity contribution in [1.29, 1.82) is 0 Å². The Balaban J connectivity index is 2.50. The zero-order chi connectivity index (χ0) is 15.3. The number of carbonyl (C=O) groups excluding carboxylic acids is 1. The van der Waals surface area contributed by atoms with E-state index < -0.39 is 0 Å². The van der Waals surface area contributed by atoms with E-state index >= 15 is 0 Å². The fourth-order valence-electron chi connectivity index (χ4n) is 2.70. The van der Waals surface area contributed by atoms with E-state index in [0.29, 0.717) is 0 Å². The zero-order valence-corrected chi connectivity index (χ0v) is 13.7. The van der Waals surface area contributed by atoms with Crippen LogP contribution in [0.15, 0.2) is 0 Å². The summed E-state index contributed by atoms with van der Waals surface area (Å²) >= 11 is 0. The summed E-state index contributed by atoms with van der Waals surface area (Å²) in [5, 5.41) is 9.36. The van der Waals surface area contributed by atoms with E-state index in [2.05, 4.69) is 16.7 Å². The maximum atomic E-state index is 12.3. The van der Waals surface area contributed by atoms with E-state index in [-0.39, 0.29) is 30.6 Å². The number of aliphatic hydroxyl groups excluding tert-OH is 1. The quantitative estimate of drug-likeness (QED) is 0.777. The Morgan fingerprint density at radius 1 is 1.15 bits per heavy atom. The van der Waals surface area contributed by atoms with E-state index in [1.54, 1.807) is 0 Å². The average Bonchev–Trinajstić information content (AvgIpc) is 2.46. The molecular weight excluding hydrogens is 254 g/mol. The molecule has 0 aromatic carbocycles. The van der Waals surface area contributed by atoms with Crippen LogP contribution >= 0.6 is 0 Å². The predicted molar refractivity (Wildman–Crippen MR) is 81.7 cm³/mol. The summed E-state index contributed by atoms with van der Waals surface area (Å²) in [6.07, 6.45) is 0.973. The fraction of sp³-hybridized carbons (Fsp3) is 0.933. The first-order valence-corrected chi connectivity index (χ1v) is 7.78. The summed E-state index contributed by atoms with van der Waals surface area (Å²) in [4.78, 5) is 18.7. The van der Waals surface area contributed by atoms with Crippen LogP contribution in [0.2, 0.25) is 0 Å². The van der Waals surface area contributed by atoms with Gasteiger partial charge in [-0.3, -0.25) is 14.6 Å². The van der Waals surface area contributed by atoms with Crippen molar-refractivity contribution < 1.29 is 9.90 Å². The summed E-state index contributed by atoms with van der Waals surface area (Å²) in [7, 11) is 1.87. The third-order valence-electron chi connectivity index (χ3n) is 4.57. The third kappa shape index (κ3) is 4.17. The minimum Gasteiger partial charge on any atom is -0.395 e. The molecule has 1 saturated heterocycles. The average molecular weight is 285 g/mol. The summed E-state index contributed by atoms with van der Waals surface area (Å²) in [5.41, 5.74) is 0. The molecule has 0 saturated carbocycles. The Hall–Kier alpha value is -0.650. The summed E-state index contributed by atoms with van der Waals surface area (Å²) in [6.45, 7) is 12.1. The molecule has 118 valence electrons. The highest BCUT2D eigenvalue weighted by Crippen LogP contribution is 2.13. The molecule has 1 aliphatic heterocycles. The molecule has 1 N–H and O–H groups in total. The molecule has 2 unspecified atom stereocenters. The largest absolute Gasteiger partial charge is 0.395 e. The molecule has 1 heterocycles. The SMILES string of the molecule is CCC(CO)N1CCN(C(C)C(=O)N(C)C(C)C)CC1. The highest BCUT2D eigenvalue weighted by atomic mass is 16.3. The molecule has 0 radical (unpaired) electrons. The lowest BCUT2D eigenvalue weighted by Gasteiger charge is -2.41. The van der Waals surface area contributed by atoms with Crippen LogP contribution in [0.4, 0.5) is 0 Å². The van der Waals surface area contributed by atoms with Gasteiger partial charge in [-0.05, 0) is 27.2 Å². The van der Waals surface area contributed by atoms with Crippen molar-refractivity contribution in [2.75, 3.05) is 39.8 Å². The van der Waals surface area contributed by atoms with E-state index in [9.17, 15) is 9.90 Å². The van der Waals surface area contributed by atoms with Crippen LogP contribution in [-0.4, -0.2) is 83.7 Å². The molecule has 1 amide bonds. The molecule has 0 aromatic rings. The van der Waals surface area contributed by atoms with E-state index in [4.69, 9.17) is 0 Å². The molecule has 2 atom stereocenters. The number of likely N-dealkylation sites (N-methyl/N-ethyl adjacent to an activating group) is 1. The lowest BCUT2D eigenvalue weighted by atomic mass is 10.1. The highest BCUT2D eigenvalue weighted by Gasteiger charge is 2.29. The van der Waals surface area contributed by atoms with Crippen molar-refractivity contribution in [3.8, 4) is 0 Å². The maximum absolute atomic E-state index is 12.3. The second-order valence-electron chi connectivity index (χ2n) is 6.04. The van der Waals surface area contributed by atoms with Gasteiger partial charge in [-0.1, -0.05) is 6.92 Å². The molecule has 5 heteroatoms. The Kier molecular flexibility index (Phi) is 6.92. The molecule has 0 spiro atoms. The number of nitrogens with zero attached hydrogens (tertiary/aromatic N) is 3. The number of rotatable bonds is 6. The van der Waals surface area contributed by atoms with Gasteiger partial charge >= 0.3 is 0 Å². The second-order valence-corrected chi connectivity index (χ2v) is 6.04. The summed E-state index contributed by atoms with van der Waals surface area (Å²) in [5.74, 6) is 0.197. The fourth-order valence-corrected chi connectivity index (χ4v) is 2.70. The minimum atomic E-state index is -0.0567. The maximum Gasteiger partial charge on any atom is 0.239 e. The van der Waals surface area contributed by atoms with Gasteiger partial charge in [-0.25, -0.2) is 0 Å². The molecule has 5 nitrogen and oxygen atoms in total.